The Morgan fingerprint density at radius 2 is 1.97 bits per heavy atom. The number of pyridine rings is 2. The lowest BCUT2D eigenvalue weighted by molar-refractivity contribution is -0.130. The summed E-state index contributed by atoms with van der Waals surface area (Å²) in [6.45, 7) is 3.63. The molecule has 0 radical (unpaired) electrons. The highest BCUT2D eigenvalue weighted by Crippen LogP contribution is 2.29. The standard InChI is InChI=1S/C24H25FN4O2/c1-17-14-21(27-20-7-5-19(25)6-8-20)15-22(26-17)18-9-12-29(16-18)24(31)10-13-28-11-3-2-4-23(28)30/h2-8,11,14-15,18H,9-10,12-13,16H2,1H3,(H,26,27)/t18-/m1/s1. The van der Waals surface area contributed by atoms with Gasteiger partial charge in [-0.15, -0.1) is 0 Å². The molecule has 3 heterocycles. The molecule has 1 saturated heterocycles. The van der Waals surface area contributed by atoms with Gasteiger partial charge in [0.2, 0.25) is 5.91 Å². The van der Waals surface area contributed by atoms with Crippen LogP contribution >= 0.6 is 0 Å². The van der Waals surface area contributed by atoms with Gasteiger partial charge in [-0.2, -0.15) is 0 Å². The van der Waals surface area contributed by atoms with E-state index in [1.54, 1.807) is 35.0 Å². The summed E-state index contributed by atoms with van der Waals surface area (Å²) in [5, 5.41) is 3.29. The van der Waals surface area contributed by atoms with Gasteiger partial charge >= 0.3 is 0 Å². The molecule has 1 fully saturated rings. The van der Waals surface area contributed by atoms with Crippen molar-refractivity contribution in [1.82, 2.24) is 14.5 Å². The molecule has 6 nitrogen and oxygen atoms in total. The molecule has 0 aliphatic carbocycles. The molecule has 3 aromatic rings. The first-order valence-corrected chi connectivity index (χ1v) is 10.4. The Morgan fingerprint density at radius 1 is 1.16 bits per heavy atom. The van der Waals surface area contributed by atoms with Crippen LogP contribution in [0.2, 0.25) is 0 Å². The number of hydrogen-bond donors (Lipinski definition) is 1. The molecular formula is C24H25FN4O2. The van der Waals surface area contributed by atoms with E-state index >= 15 is 0 Å². The molecule has 0 bridgehead atoms. The van der Waals surface area contributed by atoms with Gasteiger partial charge in [0.25, 0.3) is 5.56 Å². The molecule has 1 N–H and O–H groups in total. The zero-order chi connectivity index (χ0) is 21.8. The minimum absolute atomic E-state index is 0.0515. The zero-order valence-electron chi connectivity index (χ0n) is 17.4. The molecule has 160 valence electrons. The van der Waals surface area contributed by atoms with Crippen LogP contribution in [0.1, 0.15) is 30.1 Å². The lowest BCUT2D eigenvalue weighted by Gasteiger charge is -2.17. The van der Waals surface area contributed by atoms with Crippen LogP contribution in [-0.4, -0.2) is 33.4 Å². The van der Waals surface area contributed by atoms with Crippen LogP contribution in [0.15, 0.2) is 65.6 Å². The second-order valence-electron chi connectivity index (χ2n) is 7.86. The monoisotopic (exact) mass is 420 g/mol. The van der Waals surface area contributed by atoms with E-state index < -0.39 is 0 Å². The normalized spacial score (nSPS) is 15.8. The number of nitrogens with one attached hydrogen (secondary N) is 1. The molecule has 0 saturated carbocycles. The highest BCUT2D eigenvalue weighted by molar-refractivity contribution is 5.76. The van der Waals surface area contributed by atoms with Crippen molar-refractivity contribution in [3.63, 3.8) is 0 Å². The topological polar surface area (TPSA) is 67.2 Å². The summed E-state index contributed by atoms with van der Waals surface area (Å²) in [5.41, 5.74) is 3.42. The molecule has 31 heavy (non-hydrogen) atoms. The summed E-state index contributed by atoms with van der Waals surface area (Å²) in [6, 6.07) is 15.1. The molecule has 7 heteroatoms. The highest BCUT2D eigenvalue weighted by atomic mass is 19.1. The molecule has 2 aromatic heterocycles. The Hall–Kier alpha value is -3.48. The fraction of sp³-hybridized carbons (Fsp3) is 0.292. The van der Waals surface area contributed by atoms with Crippen LogP contribution in [0.3, 0.4) is 0 Å². The van der Waals surface area contributed by atoms with Crippen LogP contribution in [0.4, 0.5) is 15.8 Å². The van der Waals surface area contributed by atoms with Gasteiger partial charge in [0.15, 0.2) is 0 Å². The Bertz CT molecular complexity index is 1130. The number of amides is 1. The van der Waals surface area contributed by atoms with Gasteiger partial charge < -0.3 is 14.8 Å². The van der Waals surface area contributed by atoms with Crippen LogP contribution in [-0.2, 0) is 11.3 Å². The fourth-order valence-corrected chi connectivity index (χ4v) is 3.92. The quantitative estimate of drug-likeness (QED) is 0.658. The van der Waals surface area contributed by atoms with Gasteiger partial charge in [-0.3, -0.25) is 14.6 Å². The molecule has 4 rings (SSSR count). The maximum atomic E-state index is 13.1. The third-order valence-electron chi connectivity index (χ3n) is 5.53. The van der Waals surface area contributed by atoms with E-state index in [1.807, 2.05) is 24.0 Å². The second kappa shape index (κ2) is 9.12. The van der Waals surface area contributed by atoms with E-state index in [1.165, 1.54) is 18.2 Å². The molecule has 1 amide bonds. The van der Waals surface area contributed by atoms with Crippen LogP contribution < -0.4 is 10.9 Å². The molecule has 1 aromatic carbocycles. The highest BCUT2D eigenvalue weighted by Gasteiger charge is 2.28. The third kappa shape index (κ3) is 5.17. The van der Waals surface area contributed by atoms with E-state index in [0.29, 0.717) is 26.1 Å². The van der Waals surface area contributed by atoms with Crippen molar-refractivity contribution >= 4 is 17.3 Å². The van der Waals surface area contributed by atoms with Crippen molar-refractivity contribution in [3.05, 3.63) is 88.4 Å². The number of carbonyl (C=O) groups is 1. The van der Waals surface area contributed by atoms with Crippen LogP contribution in [0.25, 0.3) is 0 Å². The van der Waals surface area contributed by atoms with Crippen LogP contribution in [0, 0.1) is 12.7 Å². The number of anilines is 2. The summed E-state index contributed by atoms with van der Waals surface area (Å²) < 4.78 is 14.7. The van der Waals surface area contributed by atoms with E-state index in [4.69, 9.17) is 0 Å². The Kier molecular flexibility index (Phi) is 6.11. The first kappa shape index (κ1) is 20.8. The van der Waals surface area contributed by atoms with E-state index in [0.717, 1.165) is 29.2 Å². The Labute approximate surface area is 180 Å². The van der Waals surface area contributed by atoms with Crippen molar-refractivity contribution in [2.45, 2.75) is 32.2 Å². The van der Waals surface area contributed by atoms with Crippen molar-refractivity contribution in [3.8, 4) is 0 Å². The smallest absolute Gasteiger partial charge is 0.250 e. The number of likely N-dealkylation sites (tertiary alicyclic amines) is 1. The molecule has 1 atom stereocenters. The minimum atomic E-state index is -0.273. The van der Waals surface area contributed by atoms with Gasteiger partial charge in [-0.25, -0.2) is 4.39 Å². The minimum Gasteiger partial charge on any atom is -0.355 e. The van der Waals surface area contributed by atoms with E-state index in [-0.39, 0.29) is 23.2 Å². The lowest BCUT2D eigenvalue weighted by atomic mass is 10.0. The molecular weight excluding hydrogens is 395 g/mol. The van der Waals surface area contributed by atoms with Crippen molar-refractivity contribution in [2.24, 2.45) is 0 Å². The summed E-state index contributed by atoms with van der Waals surface area (Å²) in [4.78, 5) is 31.0. The number of benzene rings is 1. The predicted octanol–water partition coefficient (Wildman–Crippen LogP) is 3.84. The summed E-state index contributed by atoms with van der Waals surface area (Å²) >= 11 is 0. The number of carbonyl (C=O) groups excluding carboxylic acids is 1. The fourth-order valence-electron chi connectivity index (χ4n) is 3.92. The first-order valence-electron chi connectivity index (χ1n) is 10.4. The summed E-state index contributed by atoms with van der Waals surface area (Å²) in [7, 11) is 0. The van der Waals surface area contributed by atoms with Gasteiger partial charge in [-0.1, -0.05) is 6.07 Å². The maximum Gasteiger partial charge on any atom is 0.250 e. The summed E-state index contributed by atoms with van der Waals surface area (Å²) in [5.74, 6) is -0.0577. The number of aromatic nitrogens is 2. The van der Waals surface area contributed by atoms with Gasteiger partial charge in [-0.05, 0) is 55.8 Å². The maximum absolute atomic E-state index is 13.1. The van der Waals surface area contributed by atoms with Crippen LogP contribution in [0.5, 0.6) is 0 Å². The Morgan fingerprint density at radius 3 is 2.74 bits per heavy atom. The number of halogens is 1. The Balaban J connectivity index is 1.39. The zero-order valence-corrected chi connectivity index (χ0v) is 17.4. The lowest BCUT2D eigenvalue weighted by Crippen LogP contribution is -2.30. The first-order chi connectivity index (χ1) is 15.0. The average Bonchev–Trinajstić information content (AvgIpc) is 3.25. The number of nitrogens with zero attached hydrogens (tertiary/aromatic N) is 3. The summed E-state index contributed by atoms with van der Waals surface area (Å²) in [6.07, 6.45) is 2.85. The number of rotatable bonds is 6. The van der Waals surface area contributed by atoms with E-state index in [9.17, 15) is 14.0 Å². The van der Waals surface area contributed by atoms with E-state index in [2.05, 4.69) is 10.3 Å². The van der Waals surface area contributed by atoms with Crippen molar-refractivity contribution in [2.75, 3.05) is 18.4 Å². The third-order valence-corrected chi connectivity index (χ3v) is 5.53. The van der Waals surface area contributed by atoms with Crippen molar-refractivity contribution < 1.29 is 9.18 Å². The second-order valence-corrected chi connectivity index (χ2v) is 7.86. The van der Waals surface area contributed by atoms with Crippen molar-refractivity contribution in [1.29, 1.82) is 0 Å². The largest absolute Gasteiger partial charge is 0.355 e. The predicted molar refractivity (Wildman–Crippen MR) is 118 cm³/mol. The molecule has 1 aliphatic heterocycles. The number of aryl methyl sites for hydroxylation is 2. The van der Waals surface area contributed by atoms with Gasteiger partial charge in [0.05, 0.1) is 0 Å². The van der Waals surface area contributed by atoms with Gasteiger partial charge in [0.1, 0.15) is 5.82 Å². The average molecular weight is 420 g/mol. The number of hydrogen-bond acceptors (Lipinski definition) is 4. The molecule has 1 aliphatic rings. The van der Waals surface area contributed by atoms with Gasteiger partial charge in [0, 0.05) is 67.0 Å². The molecule has 0 spiro atoms. The SMILES string of the molecule is Cc1cc(Nc2ccc(F)cc2)cc([C@@H]2CCN(C(=O)CCn3ccccc3=O)C2)n1. The molecule has 0 unspecified atom stereocenters.